The van der Waals surface area contributed by atoms with Gasteiger partial charge in [0.25, 0.3) is 0 Å². The van der Waals surface area contributed by atoms with Gasteiger partial charge in [0.1, 0.15) is 6.23 Å². The second-order valence-corrected chi connectivity index (χ2v) is 6.00. The van der Waals surface area contributed by atoms with Crippen molar-refractivity contribution in [3.63, 3.8) is 0 Å². The number of ether oxygens (including phenoxy) is 1. The number of nitrogens with one attached hydrogen (secondary N) is 1. The lowest BCUT2D eigenvalue weighted by atomic mass is 9.86. The van der Waals surface area contributed by atoms with Gasteiger partial charge in [0.05, 0.1) is 18.1 Å². The molecule has 1 heterocycles. The monoisotopic (exact) mass is 343 g/mol. The van der Waals surface area contributed by atoms with Crippen LogP contribution in [0.4, 0.5) is 5.69 Å². The number of carbonyl (C=O) groups is 1. The Hall–Kier alpha value is -1.11. The average Bonchev–Trinajstić information content (AvgIpc) is 2.67. The van der Waals surface area contributed by atoms with Gasteiger partial charge < -0.3 is 20.3 Å². The minimum absolute atomic E-state index is 0.316. The molecule has 1 saturated heterocycles. The van der Waals surface area contributed by atoms with Gasteiger partial charge in [-0.1, -0.05) is 15.9 Å². The van der Waals surface area contributed by atoms with E-state index in [-0.39, 0.29) is 6.10 Å². The summed E-state index contributed by atoms with van der Waals surface area (Å²) in [6.07, 6.45) is -1.70. The first-order valence-electron chi connectivity index (χ1n) is 6.48. The highest BCUT2D eigenvalue weighted by atomic mass is 79.9. The minimum atomic E-state index is -0.975. The van der Waals surface area contributed by atoms with E-state index in [4.69, 9.17) is 4.74 Å². The molecule has 20 heavy (non-hydrogen) atoms. The number of hydrogen-bond donors (Lipinski definition) is 3. The van der Waals surface area contributed by atoms with Crippen molar-refractivity contribution in [1.82, 2.24) is 0 Å². The Morgan fingerprint density at radius 2 is 1.90 bits per heavy atom. The number of aliphatic hydroxyl groups excluding tert-OH is 1. The van der Waals surface area contributed by atoms with E-state index in [2.05, 4.69) is 21.2 Å². The Kier molecular flexibility index (Phi) is 4.67. The molecule has 5 unspecified atom stereocenters. The van der Waals surface area contributed by atoms with Crippen LogP contribution in [0.1, 0.15) is 13.8 Å². The molecule has 0 aromatic heterocycles. The van der Waals surface area contributed by atoms with Crippen molar-refractivity contribution < 1.29 is 19.7 Å². The first-order chi connectivity index (χ1) is 9.40. The predicted molar refractivity (Wildman–Crippen MR) is 78.4 cm³/mol. The molecule has 1 aliphatic rings. The molecule has 6 heteroatoms. The van der Waals surface area contributed by atoms with Gasteiger partial charge in [-0.15, -0.1) is 0 Å². The van der Waals surface area contributed by atoms with Crippen LogP contribution in [0.25, 0.3) is 0 Å². The van der Waals surface area contributed by atoms with Gasteiger partial charge >= 0.3 is 5.97 Å². The van der Waals surface area contributed by atoms with Crippen LogP contribution >= 0.6 is 15.9 Å². The Morgan fingerprint density at radius 1 is 1.30 bits per heavy atom. The Bertz CT molecular complexity index is 479. The molecule has 1 fully saturated rings. The summed E-state index contributed by atoms with van der Waals surface area (Å²) in [6.45, 7) is 3.51. The Morgan fingerprint density at radius 3 is 2.45 bits per heavy atom. The molecule has 0 radical (unpaired) electrons. The Labute approximate surface area is 126 Å². The van der Waals surface area contributed by atoms with Gasteiger partial charge in [0.2, 0.25) is 0 Å². The molecule has 3 N–H and O–H groups in total. The van der Waals surface area contributed by atoms with Crippen LogP contribution in [-0.2, 0) is 9.53 Å². The van der Waals surface area contributed by atoms with Gasteiger partial charge in [0, 0.05) is 16.1 Å². The fourth-order valence-corrected chi connectivity index (χ4v) is 3.01. The standard InChI is InChI=1S/C14H18BrNO4/c1-7-11(12(14(18)19)8(2)20-7)13(17)16-10-5-3-9(15)4-6-10/h3-8,11-13,16-17H,1-2H3,(H,18,19). The zero-order valence-corrected chi connectivity index (χ0v) is 12.9. The molecule has 0 spiro atoms. The topological polar surface area (TPSA) is 78.8 Å². The van der Waals surface area contributed by atoms with Crippen LogP contribution in [0.5, 0.6) is 0 Å². The van der Waals surface area contributed by atoms with Crippen LogP contribution in [-0.4, -0.2) is 34.6 Å². The second kappa shape index (κ2) is 6.11. The second-order valence-electron chi connectivity index (χ2n) is 5.08. The molecule has 5 atom stereocenters. The maximum atomic E-state index is 11.3. The van der Waals surface area contributed by atoms with E-state index in [0.29, 0.717) is 0 Å². The zero-order chi connectivity index (χ0) is 14.9. The fourth-order valence-electron chi connectivity index (χ4n) is 2.75. The lowest BCUT2D eigenvalue weighted by molar-refractivity contribution is -0.145. The number of benzene rings is 1. The molecular weight excluding hydrogens is 326 g/mol. The third kappa shape index (κ3) is 3.13. The van der Waals surface area contributed by atoms with Crippen LogP contribution in [0.15, 0.2) is 28.7 Å². The number of anilines is 1. The molecule has 2 rings (SSSR count). The molecule has 1 aromatic rings. The number of carboxylic acids is 1. The summed E-state index contributed by atoms with van der Waals surface area (Å²) < 4.78 is 6.47. The third-order valence-electron chi connectivity index (χ3n) is 3.70. The maximum absolute atomic E-state index is 11.3. The molecule has 1 aromatic carbocycles. The summed E-state index contributed by atoms with van der Waals surface area (Å²) in [5.41, 5.74) is 0.733. The summed E-state index contributed by atoms with van der Waals surface area (Å²) in [6, 6.07) is 7.32. The molecule has 5 nitrogen and oxygen atoms in total. The number of rotatable bonds is 4. The van der Waals surface area contributed by atoms with Gasteiger partial charge in [-0.25, -0.2) is 0 Å². The smallest absolute Gasteiger partial charge is 0.309 e. The van der Waals surface area contributed by atoms with E-state index in [0.717, 1.165) is 10.2 Å². The lowest BCUT2D eigenvalue weighted by Crippen LogP contribution is -2.40. The quantitative estimate of drug-likeness (QED) is 0.731. The first kappa shape index (κ1) is 15.3. The lowest BCUT2D eigenvalue weighted by Gasteiger charge is -2.26. The van der Waals surface area contributed by atoms with Crippen LogP contribution in [0.3, 0.4) is 0 Å². The van der Waals surface area contributed by atoms with Gasteiger partial charge in [-0.3, -0.25) is 4.79 Å². The first-order valence-corrected chi connectivity index (χ1v) is 7.28. The highest BCUT2D eigenvalue weighted by molar-refractivity contribution is 9.10. The van der Waals surface area contributed by atoms with Gasteiger partial charge in [-0.05, 0) is 38.1 Å². The molecule has 0 amide bonds. The molecule has 1 aliphatic heterocycles. The number of halogens is 1. The summed E-state index contributed by atoms with van der Waals surface area (Å²) in [7, 11) is 0. The number of hydrogen-bond acceptors (Lipinski definition) is 4. The van der Waals surface area contributed by atoms with E-state index in [1.807, 2.05) is 24.3 Å². The van der Waals surface area contributed by atoms with E-state index in [9.17, 15) is 15.0 Å². The summed E-state index contributed by atoms with van der Waals surface area (Å²) in [5.74, 6) is -2.15. The van der Waals surface area contributed by atoms with Crippen molar-refractivity contribution in [2.45, 2.75) is 32.3 Å². The molecule has 0 bridgehead atoms. The van der Waals surface area contributed by atoms with Crippen LogP contribution < -0.4 is 5.32 Å². The highest BCUT2D eigenvalue weighted by Gasteiger charge is 2.48. The van der Waals surface area contributed by atoms with E-state index in [1.165, 1.54) is 0 Å². The van der Waals surface area contributed by atoms with Crippen molar-refractivity contribution in [2.75, 3.05) is 5.32 Å². The molecule has 0 saturated carbocycles. The molecule has 110 valence electrons. The van der Waals surface area contributed by atoms with Gasteiger partial charge in [0.15, 0.2) is 0 Å². The van der Waals surface area contributed by atoms with Crippen molar-refractivity contribution in [1.29, 1.82) is 0 Å². The highest BCUT2D eigenvalue weighted by Crippen LogP contribution is 2.35. The predicted octanol–water partition coefficient (Wildman–Crippen LogP) is 2.30. The van der Waals surface area contributed by atoms with Crippen molar-refractivity contribution >= 4 is 27.6 Å². The van der Waals surface area contributed by atoms with Crippen molar-refractivity contribution in [3.05, 3.63) is 28.7 Å². The largest absolute Gasteiger partial charge is 0.481 e. The summed E-state index contributed by atoms with van der Waals surface area (Å²) >= 11 is 3.34. The maximum Gasteiger partial charge on any atom is 0.309 e. The minimum Gasteiger partial charge on any atom is -0.481 e. The van der Waals surface area contributed by atoms with Gasteiger partial charge in [-0.2, -0.15) is 0 Å². The Balaban J connectivity index is 2.12. The zero-order valence-electron chi connectivity index (χ0n) is 11.3. The third-order valence-corrected chi connectivity index (χ3v) is 4.23. The van der Waals surface area contributed by atoms with Crippen molar-refractivity contribution in [2.24, 2.45) is 11.8 Å². The molecular formula is C14H18BrNO4. The van der Waals surface area contributed by atoms with E-state index < -0.39 is 30.1 Å². The number of aliphatic carboxylic acids is 1. The average molecular weight is 344 g/mol. The van der Waals surface area contributed by atoms with Crippen LogP contribution in [0.2, 0.25) is 0 Å². The van der Waals surface area contributed by atoms with Crippen LogP contribution in [0, 0.1) is 11.8 Å². The van der Waals surface area contributed by atoms with E-state index >= 15 is 0 Å². The number of carboxylic acid groups (broad SMARTS) is 1. The number of aliphatic hydroxyl groups is 1. The summed E-state index contributed by atoms with van der Waals surface area (Å²) in [5, 5.41) is 22.5. The normalized spacial score (nSPS) is 31.0. The summed E-state index contributed by atoms with van der Waals surface area (Å²) in [4.78, 5) is 11.3. The van der Waals surface area contributed by atoms with Crippen molar-refractivity contribution in [3.8, 4) is 0 Å². The fraction of sp³-hybridized carbons (Fsp3) is 0.500. The van der Waals surface area contributed by atoms with E-state index in [1.54, 1.807) is 13.8 Å². The molecule has 0 aliphatic carbocycles. The SMILES string of the molecule is CC1OC(C)C(C(O)Nc2ccc(Br)cc2)C1C(=O)O.